The molecule has 19 heavy (non-hydrogen) atoms. The molecule has 2 N–H and O–H groups in total. The zero-order chi connectivity index (χ0) is 13.7. The van der Waals surface area contributed by atoms with Gasteiger partial charge in [0.05, 0.1) is 6.04 Å². The van der Waals surface area contributed by atoms with Crippen LogP contribution in [0.3, 0.4) is 0 Å². The summed E-state index contributed by atoms with van der Waals surface area (Å²) >= 11 is 6.08. The van der Waals surface area contributed by atoms with Crippen LogP contribution in [0.5, 0.6) is 0 Å². The minimum Gasteiger partial charge on any atom is -0.331 e. The fourth-order valence-corrected chi connectivity index (χ4v) is 2.00. The molecule has 0 unspecified atom stereocenters. The molecule has 1 heterocycles. The summed E-state index contributed by atoms with van der Waals surface area (Å²) in [5, 5.41) is 6.20. The zero-order valence-corrected chi connectivity index (χ0v) is 11.2. The number of carbonyl (C=O) groups is 1. The Labute approximate surface area is 116 Å². The maximum absolute atomic E-state index is 11.8. The summed E-state index contributed by atoms with van der Waals surface area (Å²) in [4.78, 5) is 15.7. The van der Waals surface area contributed by atoms with Crippen LogP contribution in [0.1, 0.15) is 18.5 Å². The van der Waals surface area contributed by atoms with E-state index in [4.69, 9.17) is 11.6 Å². The van der Waals surface area contributed by atoms with E-state index in [0.29, 0.717) is 10.7 Å². The van der Waals surface area contributed by atoms with E-state index >= 15 is 0 Å². The molecule has 2 rings (SSSR count). The van der Waals surface area contributed by atoms with Gasteiger partial charge in [0, 0.05) is 23.1 Å². The summed E-state index contributed by atoms with van der Waals surface area (Å²) in [6.45, 7) is 1.88. The molecule has 98 valence electrons. The highest BCUT2D eigenvalue weighted by molar-refractivity contribution is 6.31. The first-order chi connectivity index (χ1) is 9.16. The van der Waals surface area contributed by atoms with Gasteiger partial charge in [0.2, 0.25) is 0 Å². The van der Waals surface area contributed by atoms with Crippen LogP contribution < -0.4 is 10.6 Å². The van der Waals surface area contributed by atoms with Crippen molar-refractivity contribution in [2.24, 2.45) is 0 Å². The number of pyridine rings is 1. The quantitative estimate of drug-likeness (QED) is 0.899. The summed E-state index contributed by atoms with van der Waals surface area (Å²) in [7, 11) is 0. The highest BCUT2D eigenvalue weighted by Crippen LogP contribution is 2.22. The smallest absolute Gasteiger partial charge is 0.319 e. The minimum absolute atomic E-state index is 0.171. The number of benzene rings is 1. The highest BCUT2D eigenvalue weighted by Gasteiger charge is 2.11. The lowest BCUT2D eigenvalue weighted by Gasteiger charge is -2.16. The molecule has 0 spiro atoms. The summed E-state index contributed by atoms with van der Waals surface area (Å²) < 4.78 is 0. The lowest BCUT2D eigenvalue weighted by Crippen LogP contribution is -2.31. The first-order valence-electron chi connectivity index (χ1n) is 5.89. The van der Waals surface area contributed by atoms with E-state index in [1.54, 1.807) is 30.6 Å². The van der Waals surface area contributed by atoms with Gasteiger partial charge in [-0.25, -0.2) is 4.79 Å². The first kappa shape index (κ1) is 13.4. The second kappa shape index (κ2) is 6.20. The Morgan fingerprint density at radius 3 is 2.58 bits per heavy atom. The fourth-order valence-electron chi connectivity index (χ4n) is 1.70. The second-order valence-corrected chi connectivity index (χ2v) is 4.48. The van der Waals surface area contributed by atoms with Gasteiger partial charge in [0.25, 0.3) is 0 Å². The number of rotatable bonds is 3. The van der Waals surface area contributed by atoms with Gasteiger partial charge in [-0.05, 0) is 30.7 Å². The number of halogens is 1. The predicted octanol–water partition coefficient (Wildman–Crippen LogP) is 3.62. The summed E-state index contributed by atoms with van der Waals surface area (Å²) in [6, 6.07) is 10.4. The molecule has 2 aromatic rings. The topological polar surface area (TPSA) is 54.0 Å². The number of hydrogen-bond donors (Lipinski definition) is 2. The average molecular weight is 276 g/mol. The molecule has 0 radical (unpaired) electrons. The van der Waals surface area contributed by atoms with Gasteiger partial charge in [-0.2, -0.15) is 0 Å². The molecule has 5 heteroatoms. The van der Waals surface area contributed by atoms with Crippen molar-refractivity contribution in [1.82, 2.24) is 10.3 Å². The van der Waals surface area contributed by atoms with Gasteiger partial charge >= 0.3 is 6.03 Å². The van der Waals surface area contributed by atoms with Crippen molar-refractivity contribution in [1.29, 1.82) is 0 Å². The number of nitrogens with one attached hydrogen (secondary N) is 2. The van der Waals surface area contributed by atoms with E-state index in [2.05, 4.69) is 15.6 Å². The maximum atomic E-state index is 11.8. The van der Waals surface area contributed by atoms with Crippen molar-refractivity contribution in [3.05, 3.63) is 59.4 Å². The SMILES string of the molecule is C[C@H](NC(=O)Nc1ccncc1)c1ccccc1Cl. The largest absolute Gasteiger partial charge is 0.331 e. The monoisotopic (exact) mass is 275 g/mol. The van der Waals surface area contributed by atoms with E-state index < -0.39 is 0 Å². The number of carbonyl (C=O) groups excluding carboxylic acids is 1. The molecular formula is C14H14ClN3O. The first-order valence-corrected chi connectivity index (χ1v) is 6.26. The lowest BCUT2D eigenvalue weighted by molar-refractivity contribution is 0.249. The van der Waals surface area contributed by atoms with Gasteiger partial charge in [0.15, 0.2) is 0 Å². The molecule has 4 nitrogen and oxygen atoms in total. The van der Waals surface area contributed by atoms with Crippen LogP contribution in [0.15, 0.2) is 48.8 Å². The number of nitrogens with zero attached hydrogens (tertiary/aromatic N) is 1. The van der Waals surface area contributed by atoms with Gasteiger partial charge < -0.3 is 10.6 Å². The van der Waals surface area contributed by atoms with Crippen LogP contribution >= 0.6 is 11.6 Å². The van der Waals surface area contributed by atoms with Gasteiger partial charge in [-0.3, -0.25) is 4.98 Å². The van der Waals surface area contributed by atoms with Crippen LogP contribution in [0.2, 0.25) is 5.02 Å². The normalized spacial score (nSPS) is 11.7. The van der Waals surface area contributed by atoms with Crippen molar-refractivity contribution in [2.75, 3.05) is 5.32 Å². The fraction of sp³-hybridized carbons (Fsp3) is 0.143. The number of aromatic nitrogens is 1. The van der Waals surface area contributed by atoms with Crippen molar-refractivity contribution in [3.63, 3.8) is 0 Å². The molecule has 1 aromatic carbocycles. The van der Waals surface area contributed by atoms with Crippen LogP contribution in [-0.2, 0) is 0 Å². The van der Waals surface area contributed by atoms with Crippen LogP contribution in [-0.4, -0.2) is 11.0 Å². The highest BCUT2D eigenvalue weighted by atomic mass is 35.5. The lowest BCUT2D eigenvalue weighted by atomic mass is 10.1. The molecule has 0 aliphatic heterocycles. The molecule has 0 fully saturated rings. The van der Waals surface area contributed by atoms with E-state index in [1.165, 1.54) is 0 Å². The van der Waals surface area contributed by atoms with E-state index in [0.717, 1.165) is 5.56 Å². The van der Waals surface area contributed by atoms with Crippen molar-refractivity contribution < 1.29 is 4.79 Å². The Hall–Kier alpha value is -2.07. The molecule has 1 atom stereocenters. The Bertz CT molecular complexity index is 560. The molecule has 0 bridgehead atoms. The summed E-state index contributed by atoms with van der Waals surface area (Å²) in [6.07, 6.45) is 3.24. The molecule has 0 aliphatic carbocycles. The van der Waals surface area contributed by atoms with Crippen molar-refractivity contribution in [3.8, 4) is 0 Å². The van der Waals surface area contributed by atoms with Gasteiger partial charge in [-0.1, -0.05) is 29.8 Å². The number of hydrogen-bond acceptors (Lipinski definition) is 2. The third kappa shape index (κ3) is 3.69. The van der Waals surface area contributed by atoms with Crippen molar-refractivity contribution >= 4 is 23.3 Å². The Kier molecular flexibility index (Phi) is 4.36. The van der Waals surface area contributed by atoms with Gasteiger partial charge in [-0.15, -0.1) is 0 Å². The molecule has 0 aliphatic rings. The van der Waals surface area contributed by atoms with E-state index in [1.807, 2.05) is 25.1 Å². The predicted molar refractivity (Wildman–Crippen MR) is 76.3 cm³/mol. The number of urea groups is 1. The summed E-state index contributed by atoms with van der Waals surface area (Å²) in [5.41, 5.74) is 1.58. The number of anilines is 1. The minimum atomic E-state index is -0.279. The Morgan fingerprint density at radius 1 is 1.21 bits per heavy atom. The van der Waals surface area contributed by atoms with Crippen LogP contribution in [0.4, 0.5) is 10.5 Å². The Morgan fingerprint density at radius 2 is 1.89 bits per heavy atom. The van der Waals surface area contributed by atoms with Gasteiger partial charge in [0.1, 0.15) is 0 Å². The molecule has 0 saturated heterocycles. The zero-order valence-electron chi connectivity index (χ0n) is 10.4. The van der Waals surface area contributed by atoms with Crippen molar-refractivity contribution in [2.45, 2.75) is 13.0 Å². The molecule has 1 aromatic heterocycles. The number of amides is 2. The summed E-state index contributed by atoms with van der Waals surface area (Å²) in [5.74, 6) is 0. The van der Waals surface area contributed by atoms with Crippen LogP contribution in [0.25, 0.3) is 0 Å². The van der Waals surface area contributed by atoms with E-state index in [9.17, 15) is 4.79 Å². The standard InChI is InChI=1S/C14H14ClN3O/c1-10(12-4-2-3-5-13(12)15)17-14(19)18-11-6-8-16-9-7-11/h2-10H,1H3,(H2,16,17,18,19)/t10-/m0/s1. The second-order valence-electron chi connectivity index (χ2n) is 4.08. The average Bonchev–Trinajstić information content (AvgIpc) is 2.40. The third-order valence-electron chi connectivity index (χ3n) is 2.66. The van der Waals surface area contributed by atoms with E-state index in [-0.39, 0.29) is 12.1 Å². The Balaban J connectivity index is 1.98. The maximum Gasteiger partial charge on any atom is 0.319 e. The molecule has 2 amide bonds. The third-order valence-corrected chi connectivity index (χ3v) is 3.00. The van der Waals surface area contributed by atoms with Crippen LogP contribution in [0, 0.1) is 0 Å². The molecule has 0 saturated carbocycles. The molecular weight excluding hydrogens is 262 g/mol.